The molecule has 29 heavy (non-hydrogen) atoms. The smallest absolute Gasteiger partial charge is 0.434 e. The molecule has 3 rings (SSSR count). The van der Waals surface area contributed by atoms with Crippen LogP contribution < -0.4 is 5.73 Å². The topological polar surface area (TPSA) is 145 Å². The van der Waals surface area contributed by atoms with Crippen molar-refractivity contribution in [3.8, 4) is 6.07 Å². The number of aromatic nitrogens is 3. The van der Waals surface area contributed by atoms with Gasteiger partial charge in [-0.2, -0.15) is 10.4 Å². The number of fused-ring (bicyclic) bond motifs is 1. The second kappa shape index (κ2) is 8.23. The van der Waals surface area contributed by atoms with Gasteiger partial charge in [0.15, 0.2) is 11.4 Å². The third kappa shape index (κ3) is 3.97. The standard InChI is InChI=1S/C19H25N5O5/c1-11(2)6-7-27-18(26)28-9-19(8-20)12(3)15(25)16(29-19)13-4-5-14-17(21)22-10-23-24(13)14/h4-5,10-12,15-16,25H,6-7,9H2,1-3H3,(H2,21,22,23)/t12-,15+,16-,19+/m0/s1. The molecule has 0 aliphatic carbocycles. The Hall–Kier alpha value is -2.90. The van der Waals surface area contributed by atoms with Crippen LogP contribution >= 0.6 is 0 Å². The number of hydrogen-bond donors (Lipinski definition) is 2. The van der Waals surface area contributed by atoms with E-state index in [1.54, 1.807) is 19.1 Å². The maximum atomic E-state index is 11.8. The summed E-state index contributed by atoms with van der Waals surface area (Å²) in [5, 5.41) is 24.7. The molecule has 156 valence electrons. The predicted octanol–water partition coefficient (Wildman–Crippen LogP) is 1.84. The molecule has 1 aliphatic heterocycles. The van der Waals surface area contributed by atoms with Crippen LogP contribution in [0.4, 0.5) is 10.6 Å². The van der Waals surface area contributed by atoms with Crippen molar-refractivity contribution >= 4 is 17.5 Å². The van der Waals surface area contributed by atoms with Gasteiger partial charge >= 0.3 is 6.16 Å². The summed E-state index contributed by atoms with van der Waals surface area (Å²) in [6.45, 7) is 5.56. The molecular weight excluding hydrogens is 378 g/mol. The minimum atomic E-state index is -1.52. The Morgan fingerprint density at radius 2 is 2.24 bits per heavy atom. The summed E-state index contributed by atoms with van der Waals surface area (Å²) >= 11 is 0. The Balaban J connectivity index is 1.75. The van der Waals surface area contributed by atoms with Gasteiger partial charge in [-0.25, -0.2) is 14.3 Å². The van der Waals surface area contributed by atoms with Crippen molar-refractivity contribution in [2.45, 2.75) is 45.0 Å². The average molecular weight is 403 g/mol. The van der Waals surface area contributed by atoms with Crippen molar-refractivity contribution in [2.24, 2.45) is 11.8 Å². The highest BCUT2D eigenvalue weighted by Gasteiger charge is 2.55. The number of nitrogens with two attached hydrogens (primary N) is 1. The Morgan fingerprint density at radius 1 is 1.48 bits per heavy atom. The Kier molecular flexibility index (Phi) is 5.91. The highest BCUT2D eigenvalue weighted by atomic mass is 16.7. The van der Waals surface area contributed by atoms with Crippen molar-refractivity contribution < 1.29 is 24.1 Å². The zero-order valence-electron chi connectivity index (χ0n) is 16.6. The summed E-state index contributed by atoms with van der Waals surface area (Å²) in [6.07, 6.45) is -0.753. The molecule has 0 saturated carbocycles. The lowest BCUT2D eigenvalue weighted by molar-refractivity contribution is -0.0695. The number of hydrogen-bond acceptors (Lipinski definition) is 9. The van der Waals surface area contributed by atoms with Gasteiger partial charge in [-0.05, 0) is 24.5 Å². The molecule has 3 heterocycles. The number of aliphatic hydroxyl groups excluding tert-OH is 1. The van der Waals surface area contributed by atoms with Gasteiger partial charge < -0.3 is 25.1 Å². The van der Waals surface area contributed by atoms with Crippen molar-refractivity contribution in [1.82, 2.24) is 14.6 Å². The summed E-state index contributed by atoms with van der Waals surface area (Å²) in [6, 6.07) is 5.47. The average Bonchev–Trinajstić information content (AvgIpc) is 3.22. The van der Waals surface area contributed by atoms with E-state index in [0.717, 1.165) is 0 Å². The molecular formula is C19H25N5O5. The van der Waals surface area contributed by atoms with Gasteiger partial charge in [0.1, 0.15) is 30.6 Å². The number of nitriles is 1. The molecule has 10 heteroatoms. The largest absolute Gasteiger partial charge is 0.508 e. The lowest BCUT2D eigenvalue weighted by atomic mass is 9.87. The van der Waals surface area contributed by atoms with Crippen molar-refractivity contribution in [1.29, 1.82) is 5.26 Å². The Labute approximate surface area is 168 Å². The number of nitrogens with zero attached hydrogens (tertiary/aromatic N) is 4. The van der Waals surface area contributed by atoms with Gasteiger partial charge in [0, 0.05) is 5.92 Å². The molecule has 0 aromatic carbocycles. The van der Waals surface area contributed by atoms with Crippen LogP contribution in [0.25, 0.3) is 5.52 Å². The van der Waals surface area contributed by atoms with Crippen molar-refractivity contribution in [2.75, 3.05) is 18.9 Å². The Morgan fingerprint density at radius 3 is 2.93 bits per heavy atom. The maximum absolute atomic E-state index is 11.8. The molecule has 0 unspecified atom stereocenters. The molecule has 0 bridgehead atoms. The van der Waals surface area contributed by atoms with E-state index < -0.39 is 29.9 Å². The van der Waals surface area contributed by atoms with Gasteiger partial charge in [-0.1, -0.05) is 20.8 Å². The number of anilines is 1. The van der Waals surface area contributed by atoms with Crippen LogP contribution in [0.3, 0.4) is 0 Å². The first-order chi connectivity index (χ1) is 13.8. The zero-order chi connectivity index (χ0) is 21.2. The fourth-order valence-electron chi connectivity index (χ4n) is 3.28. The fourth-order valence-corrected chi connectivity index (χ4v) is 3.28. The molecule has 2 aromatic heterocycles. The summed E-state index contributed by atoms with van der Waals surface area (Å²) in [5.74, 6) is 0.0357. The van der Waals surface area contributed by atoms with Crippen LogP contribution in [-0.4, -0.2) is 50.8 Å². The summed E-state index contributed by atoms with van der Waals surface area (Å²) in [4.78, 5) is 15.8. The van der Waals surface area contributed by atoms with Gasteiger partial charge in [-0.15, -0.1) is 0 Å². The minimum Gasteiger partial charge on any atom is -0.434 e. The number of aliphatic hydroxyl groups is 1. The molecule has 0 radical (unpaired) electrons. The van der Waals surface area contributed by atoms with E-state index in [2.05, 4.69) is 16.2 Å². The van der Waals surface area contributed by atoms with E-state index in [9.17, 15) is 15.2 Å². The zero-order valence-corrected chi connectivity index (χ0v) is 16.6. The molecule has 3 N–H and O–H groups in total. The molecule has 0 amide bonds. The molecule has 1 saturated heterocycles. The summed E-state index contributed by atoms with van der Waals surface area (Å²) in [7, 11) is 0. The van der Waals surface area contributed by atoms with Gasteiger partial charge in [0.05, 0.1) is 18.4 Å². The van der Waals surface area contributed by atoms with E-state index in [1.807, 2.05) is 13.8 Å². The second-order valence-corrected chi connectivity index (χ2v) is 7.59. The second-order valence-electron chi connectivity index (χ2n) is 7.59. The van der Waals surface area contributed by atoms with E-state index in [4.69, 9.17) is 19.9 Å². The normalized spacial score (nSPS) is 26.6. The van der Waals surface area contributed by atoms with E-state index in [-0.39, 0.29) is 19.0 Å². The van der Waals surface area contributed by atoms with Crippen molar-refractivity contribution in [3.63, 3.8) is 0 Å². The first-order valence-electron chi connectivity index (χ1n) is 9.44. The number of carbonyl (C=O) groups is 1. The highest BCUT2D eigenvalue weighted by Crippen LogP contribution is 2.44. The van der Waals surface area contributed by atoms with Crippen molar-refractivity contribution in [3.05, 3.63) is 24.2 Å². The first kappa shape index (κ1) is 20.8. The van der Waals surface area contributed by atoms with Crippen LogP contribution in [0.5, 0.6) is 0 Å². The van der Waals surface area contributed by atoms with Gasteiger partial charge in [0.25, 0.3) is 0 Å². The minimum absolute atomic E-state index is 0.231. The summed E-state index contributed by atoms with van der Waals surface area (Å²) in [5.41, 5.74) is 5.41. The molecule has 0 spiro atoms. The monoisotopic (exact) mass is 403 g/mol. The van der Waals surface area contributed by atoms with Gasteiger partial charge in [0.2, 0.25) is 0 Å². The van der Waals surface area contributed by atoms with Crippen LogP contribution in [0.15, 0.2) is 18.5 Å². The van der Waals surface area contributed by atoms with E-state index in [0.29, 0.717) is 23.5 Å². The number of nitrogen functional groups attached to an aromatic ring is 1. The predicted molar refractivity (Wildman–Crippen MR) is 101 cm³/mol. The van der Waals surface area contributed by atoms with Crippen LogP contribution in [-0.2, 0) is 14.2 Å². The summed E-state index contributed by atoms with van der Waals surface area (Å²) < 4.78 is 17.6. The van der Waals surface area contributed by atoms with E-state index in [1.165, 1.54) is 10.8 Å². The fraction of sp³-hybridized carbons (Fsp3) is 0.579. The van der Waals surface area contributed by atoms with Crippen LogP contribution in [0.2, 0.25) is 0 Å². The third-order valence-corrected chi connectivity index (χ3v) is 5.21. The lowest BCUT2D eigenvalue weighted by Crippen LogP contribution is -2.40. The molecule has 4 atom stereocenters. The van der Waals surface area contributed by atoms with Crippen LogP contribution in [0.1, 0.15) is 39.0 Å². The van der Waals surface area contributed by atoms with E-state index >= 15 is 0 Å². The maximum Gasteiger partial charge on any atom is 0.508 e. The number of carbonyl (C=O) groups excluding carboxylic acids is 1. The highest BCUT2D eigenvalue weighted by molar-refractivity contribution is 5.65. The molecule has 10 nitrogen and oxygen atoms in total. The van der Waals surface area contributed by atoms with Crippen LogP contribution in [0, 0.1) is 23.2 Å². The molecule has 2 aromatic rings. The SMILES string of the molecule is CC(C)CCOC(=O)OC[C@@]1(C#N)O[C@@H](c2ccc3c(N)ncnn23)[C@H](O)[C@@H]1C. The third-order valence-electron chi connectivity index (χ3n) is 5.21. The number of ether oxygens (including phenoxy) is 3. The van der Waals surface area contributed by atoms with Gasteiger partial charge in [-0.3, -0.25) is 0 Å². The Bertz CT molecular complexity index is 923. The lowest BCUT2D eigenvalue weighted by Gasteiger charge is -2.24. The quantitative estimate of drug-likeness (QED) is 0.690. The first-order valence-corrected chi connectivity index (χ1v) is 9.44. The number of rotatable bonds is 6. The molecule has 1 fully saturated rings. The molecule has 1 aliphatic rings.